The molecule has 1 fully saturated rings. The van der Waals surface area contributed by atoms with Crippen LogP contribution in [0.1, 0.15) is 22.7 Å². The third-order valence-corrected chi connectivity index (χ3v) is 6.41. The number of nitrogens with zero attached hydrogens (tertiary/aromatic N) is 1. The highest BCUT2D eigenvalue weighted by Crippen LogP contribution is 2.27. The summed E-state index contributed by atoms with van der Waals surface area (Å²) in [7, 11) is 1.53. The van der Waals surface area contributed by atoms with E-state index < -0.39 is 35.7 Å². The number of nitrogens with one attached hydrogen (secondary N) is 2. The quantitative estimate of drug-likeness (QED) is 0.313. The summed E-state index contributed by atoms with van der Waals surface area (Å²) in [5, 5.41) is 5.22. The Kier molecular flexibility index (Phi) is 7.34. The van der Waals surface area contributed by atoms with Crippen LogP contribution >= 0.6 is 22.6 Å². The van der Waals surface area contributed by atoms with Gasteiger partial charge in [0.15, 0.2) is 0 Å². The molecule has 0 bridgehead atoms. The molecule has 4 rings (SSSR count). The van der Waals surface area contributed by atoms with Crippen LogP contribution in [0.5, 0.6) is 5.75 Å². The summed E-state index contributed by atoms with van der Waals surface area (Å²) in [5.74, 6) is -1.21. The third kappa shape index (κ3) is 5.45. The van der Waals surface area contributed by atoms with E-state index in [4.69, 9.17) is 4.74 Å². The van der Waals surface area contributed by atoms with Gasteiger partial charge in [0.25, 0.3) is 5.91 Å². The van der Waals surface area contributed by atoms with E-state index in [0.29, 0.717) is 14.9 Å². The lowest BCUT2D eigenvalue weighted by Gasteiger charge is -2.25. The number of halogens is 2. The van der Waals surface area contributed by atoms with Crippen molar-refractivity contribution in [3.05, 3.63) is 92.8 Å². The third-order valence-electron chi connectivity index (χ3n) is 5.73. The zero-order valence-corrected chi connectivity index (χ0v) is 21.2. The minimum atomic E-state index is -1.19. The fraction of sp³-hybridized carbons (Fsp3) is 0.192. The number of rotatable bonds is 7. The number of amides is 4. The lowest BCUT2D eigenvalue weighted by atomic mass is 10.0. The summed E-state index contributed by atoms with van der Waals surface area (Å²) in [5.41, 5.74) is 2.27. The van der Waals surface area contributed by atoms with Gasteiger partial charge in [-0.05, 0) is 71.0 Å². The molecule has 0 saturated carbocycles. The van der Waals surface area contributed by atoms with E-state index in [9.17, 15) is 18.8 Å². The van der Waals surface area contributed by atoms with Crippen LogP contribution in [0.15, 0.2) is 66.7 Å². The largest absolute Gasteiger partial charge is 0.497 e. The van der Waals surface area contributed by atoms with Gasteiger partial charge in [-0.3, -0.25) is 9.59 Å². The Hall–Kier alpha value is -3.47. The van der Waals surface area contributed by atoms with Crippen LogP contribution in [0.3, 0.4) is 0 Å². The first-order valence-corrected chi connectivity index (χ1v) is 11.9. The minimum absolute atomic E-state index is 0.0246. The zero-order valence-electron chi connectivity index (χ0n) is 19.0. The summed E-state index contributed by atoms with van der Waals surface area (Å²) in [6.07, 6.45) is 0.0774. The number of methoxy groups -OCH3 is 1. The first-order valence-electron chi connectivity index (χ1n) is 10.9. The van der Waals surface area contributed by atoms with E-state index in [0.717, 1.165) is 16.0 Å². The van der Waals surface area contributed by atoms with Crippen molar-refractivity contribution in [3.63, 3.8) is 0 Å². The molecule has 3 aromatic carbocycles. The fourth-order valence-corrected chi connectivity index (χ4v) is 4.44. The molecule has 35 heavy (non-hydrogen) atoms. The van der Waals surface area contributed by atoms with Crippen LogP contribution < -0.4 is 15.4 Å². The average molecular weight is 587 g/mol. The molecule has 180 valence electrons. The summed E-state index contributed by atoms with van der Waals surface area (Å²) in [6, 6.07) is 15.8. The number of urea groups is 1. The van der Waals surface area contributed by atoms with E-state index in [1.54, 1.807) is 30.3 Å². The smallest absolute Gasteiger partial charge is 0.325 e. The summed E-state index contributed by atoms with van der Waals surface area (Å²) in [6.45, 7) is 1.91. The molecule has 1 unspecified atom stereocenters. The average Bonchev–Trinajstić information content (AvgIpc) is 3.13. The Morgan fingerprint density at radius 3 is 2.54 bits per heavy atom. The predicted molar refractivity (Wildman–Crippen MR) is 138 cm³/mol. The van der Waals surface area contributed by atoms with E-state index in [-0.39, 0.29) is 12.1 Å². The van der Waals surface area contributed by atoms with E-state index >= 15 is 0 Å². The van der Waals surface area contributed by atoms with Gasteiger partial charge in [-0.15, -0.1) is 0 Å². The molecule has 1 aliphatic heterocycles. The van der Waals surface area contributed by atoms with Crippen LogP contribution in [-0.2, 0) is 16.0 Å². The van der Waals surface area contributed by atoms with Crippen LogP contribution in [0.4, 0.5) is 14.9 Å². The first kappa shape index (κ1) is 24.6. The number of benzene rings is 3. The van der Waals surface area contributed by atoms with Gasteiger partial charge in [-0.25, -0.2) is 14.1 Å². The van der Waals surface area contributed by atoms with Crippen molar-refractivity contribution in [1.29, 1.82) is 0 Å². The molecule has 3 aromatic rings. The molecular formula is C26H23FIN3O4. The van der Waals surface area contributed by atoms with E-state index in [1.807, 2.05) is 53.8 Å². The zero-order chi connectivity index (χ0) is 25.1. The summed E-state index contributed by atoms with van der Waals surface area (Å²) in [4.78, 5) is 40.7. The molecule has 1 saturated heterocycles. The highest BCUT2D eigenvalue weighted by atomic mass is 127. The van der Waals surface area contributed by atoms with Crippen LogP contribution in [0, 0.1) is 16.3 Å². The Labute approximate surface area is 215 Å². The molecule has 0 aromatic heterocycles. The molecule has 2 N–H and O–H groups in total. The molecule has 0 spiro atoms. The Bertz CT molecular complexity index is 1280. The molecule has 0 aliphatic carbocycles. The maximum absolute atomic E-state index is 14.4. The van der Waals surface area contributed by atoms with Gasteiger partial charge >= 0.3 is 6.03 Å². The van der Waals surface area contributed by atoms with Crippen molar-refractivity contribution in [2.24, 2.45) is 0 Å². The standard InChI is InChI=1S/C26H23FIN3O4/c1-15-4-3-5-16(12-15)13-22(24(32)29-21-11-8-18(28)14-20(21)27)31-25(33)23(30-26(31)34)17-6-9-19(35-2)10-7-17/h3-12,14,22-23H,13H2,1-2H3,(H,29,32)(H,30,34)/t22?,23-/m1/s1. The molecule has 4 amide bonds. The number of hydrogen-bond donors (Lipinski definition) is 2. The number of anilines is 1. The van der Waals surface area contributed by atoms with Gasteiger partial charge in [-0.1, -0.05) is 42.0 Å². The molecule has 1 heterocycles. The van der Waals surface area contributed by atoms with Crippen molar-refractivity contribution in [1.82, 2.24) is 10.2 Å². The van der Waals surface area contributed by atoms with Crippen LogP contribution in [0.25, 0.3) is 0 Å². The Morgan fingerprint density at radius 1 is 1.14 bits per heavy atom. The topological polar surface area (TPSA) is 87.7 Å². The monoisotopic (exact) mass is 587 g/mol. The number of aryl methyl sites for hydroxylation is 1. The van der Waals surface area contributed by atoms with Gasteiger partial charge in [0.05, 0.1) is 12.8 Å². The second-order valence-electron chi connectivity index (χ2n) is 8.19. The molecule has 0 radical (unpaired) electrons. The van der Waals surface area contributed by atoms with Crippen molar-refractivity contribution >= 4 is 46.1 Å². The molecular weight excluding hydrogens is 564 g/mol. The first-order chi connectivity index (χ1) is 16.8. The molecule has 1 aliphatic rings. The van der Waals surface area contributed by atoms with Crippen LogP contribution in [-0.4, -0.2) is 35.9 Å². The number of carbonyl (C=O) groups is 3. The highest BCUT2D eigenvalue weighted by molar-refractivity contribution is 14.1. The van der Waals surface area contributed by atoms with Gasteiger partial charge in [0.2, 0.25) is 5.91 Å². The van der Waals surface area contributed by atoms with Gasteiger partial charge < -0.3 is 15.4 Å². The number of imide groups is 1. The van der Waals surface area contributed by atoms with Crippen LogP contribution in [0.2, 0.25) is 0 Å². The second-order valence-corrected chi connectivity index (χ2v) is 9.43. The lowest BCUT2D eigenvalue weighted by molar-refractivity contribution is -0.134. The molecule has 9 heteroatoms. The molecule has 7 nitrogen and oxygen atoms in total. The maximum atomic E-state index is 14.4. The van der Waals surface area contributed by atoms with Crippen molar-refractivity contribution in [2.45, 2.75) is 25.4 Å². The van der Waals surface area contributed by atoms with E-state index in [2.05, 4.69) is 10.6 Å². The second kappa shape index (κ2) is 10.4. The lowest BCUT2D eigenvalue weighted by Crippen LogP contribution is -2.49. The predicted octanol–water partition coefficient (Wildman–Crippen LogP) is 4.59. The van der Waals surface area contributed by atoms with Gasteiger partial charge in [0, 0.05) is 9.99 Å². The SMILES string of the molecule is COc1ccc([C@H]2NC(=O)N(C(Cc3cccc(C)c3)C(=O)Nc3ccc(I)cc3F)C2=O)cc1. The van der Waals surface area contributed by atoms with Gasteiger partial charge in [-0.2, -0.15) is 0 Å². The maximum Gasteiger partial charge on any atom is 0.325 e. The molecule has 2 atom stereocenters. The normalized spacial score (nSPS) is 16.1. The summed E-state index contributed by atoms with van der Waals surface area (Å²) < 4.78 is 20.3. The number of hydrogen-bond acceptors (Lipinski definition) is 4. The Balaban J connectivity index is 1.65. The Morgan fingerprint density at radius 2 is 1.89 bits per heavy atom. The fourth-order valence-electron chi connectivity index (χ4n) is 3.98. The van der Waals surface area contributed by atoms with Crippen molar-refractivity contribution < 1.29 is 23.5 Å². The minimum Gasteiger partial charge on any atom is -0.497 e. The van der Waals surface area contributed by atoms with Crippen molar-refractivity contribution in [3.8, 4) is 5.75 Å². The number of carbonyl (C=O) groups excluding carboxylic acids is 3. The number of ether oxygens (including phenoxy) is 1. The van der Waals surface area contributed by atoms with E-state index in [1.165, 1.54) is 19.2 Å². The van der Waals surface area contributed by atoms with Gasteiger partial charge in [0.1, 0.15) is 23.7 Å². The highest BCUT2D eigenvalue weighted by Gasteiger charge is 2.45. The summed E-state index contributed by atoms with van der Waals surface area (Å²) >= 11 is 1.97. The van der Waals surface area contributed by atoms with Crippen molar-refractivity contribution in [2.75, 3.05) is 12.4 Å².